The summed E-state index contributed by atoms with van der Waals surface area (Å²) in [6, 6.07) is 1.37. The Morgan fingerprint density at radius 3 is 2.60 bits per heavy atom. The van der Waals surface area contributed by atoms with Crippen molar-refractivity contribution in [3.05, 3.63) is 29.8 Å². The Labute approximate surface area is 130 Å². The fourth-order valence-corrected chi connectivity index (χ4v) is 2.34. The summed E-state index contributed by atoms with van der Waals surface area (Å²) >= 11 is 0. The summed E-state index contributed by atoms with van der Waals surface area (Å²) < 4.78 is 13.3. The van der Waals surface area contributed by atoms with E-state index in [0.29, 0.717) is 6.54 Å². The van der Waals surface area contributed by atoms with E-state index >= 15 is 0 Å². The zero-order chi connectivity index (χ0) is 13.0. The van der Waals surface area contributed by atoms with Gasteiger partial charge in [-0.05, 0) is 18.9 Å². The van der Waals surface area contributed by atoms with Gasteiger partial charge in [0.15, 0.2) is 5.82 Å². The Morgan fingerprint density at radius 1 is 1.35 bits per heavy atom. The number of hydrogen-bond donors (Lipinski definition) is 2. The number of hydrogen-bond acceptors (Lipinski definition) is 3. The van der Waals surface area contributed by atoms with Gasteiger partial charge in [0.25, 0.3) is 5.91 Å². The van der Waals surface area contributed by atoms with E-state index in [2.05, 4.69) is 10.3 Å². The van der Waals surface area contributed by atoms with E-state index in [4.69, 9.17) is 5.73 Å². The molecule has 0 atom stereocenters. The van der Waals surface area contributed by atoms with E-state index in [-0.39, 0.29) is 35.9 Å². The number of nitrogens with zero attached hydrogens (tertiary/aromatic N) is 1. The molecule has 1 saturated carbocycles. The summed E-state index contributed by atoms with van der Waals surface area (Å²) in [6.45, 7) is 0.396. The van der Waals surface area contributed by atoms with Crippen LogP contribution in [0.2, 0.25) is 0 Å². The summed E-state index contributed by atoms with van der Waals surface area (Å²) in [4.78, 5) is 15.4. The second-order valence-electron chi connectivity index (χ2n) is 4.96. The van der Waals surface area contributed by atoms with Crippen molar-refractivity contribution >= 4 is 30.7 Å². The quantitative estimate of drug-likeness (QED) is 0.897. The monoisotopic (exact) mass is 323 g/mol. The van der Waals surface area contributed by atoms with Gasteiger partial charge < -0.3 is 11.1 Å². The predicted molar refractivity (Wildman–Crippen MR) is 81.0 cm³/mol. The molecule has 0 aliphatic heterocycles. The van der Waals surface area contributed by atoms with Gasteiger partial charge in [-0.15, -0.1) is 24.8 Å². The highest BCUT2D eigenvalue weighted by Gasteiger charge is 2.28. The third-order valence-corrected chi connectivity index (χ3v) is 3.47. The molecule has 1 aliphatic rings. The Balaban J connectivity index is 0.00000180. The van der Waals surface area contributed by atoms with Gasteiger partial charge in [-0.3, -0.25) is 9.78 Å². The molecule has 0 radical (unpaired) electrons. The van der Waals surface area contributed by atoms with Crippen LogP contribution in [0.4, 0.5) is 4.39 Å². The number of amides is 1. The smallest absolute Gasteiger partial charge is 0.254 e. The molecule has 1 aliphatic carbocycles. The number of nitrogens with one attached hydrogen (secondary N) is 1. The highest BCUT2D eigenvalue weighted by atomic mass is 35.5. The first-order chi connectivity index (χ1) is 8.61. The van der Waals surface area contributed by atoms with Gasteiger partial charge in [0, 0.05) is 18.3 Å². The summed E-state index contributed by atoms with van der Waals surface area (Å²) in [7, 11) is 0. The van der Waals surface area contributed by atoms with Gasteiger partial charge in [0.2, 0.25) is 0 Å². The minimum atomic E-state index is -0.607. The maximum atomic E-state index is 13.3. The fourth-order valence-electron chi connectivity index (χ4n) is 2.34. The summed E-state index contributed by atoms with van der Waals surface area (Å²) in [5, 5.41) is 2.72. The molecule has 1 aromatic heterocycles. The third kappa shape index (κ3) is 4.89. The highest BCUT2D eigenvalue weighted by Crippen LogP contribution is 2.25. The van der Waals surface area contributed by atoms with Crippen molar-refractivity contribution < 1.29 is 9.18 Å². The van der Waals surface area contributed by atoms with Gasteiger partial charge in [-0.2, -0.15) is 0 Å². The second kappa shape index (κ2) is 8.39. The Hall–Kier alpha value is -0.910. The van der Waals surface area contributed by atoms with Crippen LogP contribution in [0, 0.1) is 5.82 Å². The zero-order valence-electron chi connectivity index (χ0n) is 11.1. The Kier molecular flexibility index (Phi) is 8.01. The molecule has 7 heteroatoms. The minimum Gasteiger partial charge on any atom is -0.350 e. The molecule has 20 heavy (non-hydrogen) atoms. The lowest BCUT2D eigenvalue weighted by Gasteiger charge is -2.33. The molecule has 0 unspecified atom stereocenters. The van der Waals surface area contributed by atoms with Gasteiger partial charge >= 0.3 is 0 Å². The topological polar surface area (TPSA) is 68.0 Å². The van der Waals surface area contributed by atoms with Crippen LogP contribution in [0.25, 0.3) is 0 Å². The zero-order valence-corrected chi connectivity index (χ0v) is 12.7. The Bertz CT molecular complexity index is 439. The molecule has 3 N–H and O–H groups in total. The Morgan fingerprint density at radius 2 is 2.00 bits per heavy atom. The van der Waals surface area contributed by atoms with Crippen LogP contribution < -0.4 is 11.1 Å². The van der Waals surface area contributed by atoms with E-state index in [1.165, 1.54) is 18.7 Å². The van der Waals surface area contributed by atoms with Crippen molar-refractivity contribution in [1.82, 2.24) is 10.3 Å². The van der Waals surface area contributed by atoms with Crippen LogP contribution in [0.1, 0.15) is 42.5 Å². The van der Waals surface area contributed by atoms with Gasteiger partial charge in [0.05, 0.1) is 11.8 Å². The van der Waals surface area contributed by atoms with Crippen molar-refractivity contribution in [3.8, 4) is 0 Å². The molecule has 4 nitrogen and oxygen atoms in total. The number of rotatable bonds is 3. The molecule has 1 heterocycles. The molecule has 1 amide bonds. The van der Waals surface area contributed by atoms with Gasteiger partial charge in [0.1, 0.15) is 0 Å². The maximum Gasteiger partial charge on any atom is 0.254 e. The van der Waals surface area contributed by atoms with Crippen LogP contribution in [-0.2, 0) is 0 Å². The molecule has 0 aromatic carbocycles. The molecular formula is C13H20Cl2FN3O. The van der Waals surface area contributed by atoms with Crippen molar-refractivity contribution in [1.29, 1.82) is 0 Å². The lowest BCUT2D eigenvalue weighted by molar-refractivity contribution is 0.0933. The number of aromatic nitrogens is 1. The van der Waals surface area contributed by atoms with Crippen LogP contribution >= 0.6 is 24.8 Å². The summed E-state index contributed by atoms with van der Waals surface area (Å²) in [5.74, 6) is -1.03. The first-order valence-corrected chi connectivity index (χ1v) is 6.27. The third-order valence-electron chi connectivity index (χ3n) is 3.47. The molecule has 0 saturated heterocycles. The lowest BCUT2D eigenvalue weighted by Crippen LogP contribution is -2.51. The number of halogens is 3. The minimum absolute atomic E-state index is 0. The number of carbonyl (C=O) groups excluding carboxylic acids is 1. The largest absolute Gasteiger partial charge is 0.350 e. The summed E-state index contributed by atoms with van der Waals surface area (Å²) in [5.41, 5.74) is 5.88. The van der Waals surface area contributed by atoms with E-state index in [0.717, 1.165) is 31.9 Å². The van der Waals surface area contributed by atoms with Gasteiger partial charge in [-0.25, -0.2) is 4.39 Å². The van der Waals surface area contributed by atoms with E-state index in [1.54, 1.807) is 0 Å². The maximum absolute atomic E-state index is 13.3. The lowest BCUT2D eigenvalue weighted by atomic mass is 9.82. The summed E-state index contributed by atoms with van der Waals surface area (Å²) in [6.07, 6.45) is 7.64. The van der Waals surface area contributed by atoms with E-state index in [9.17, 15) is 9.18 Å². The van der Waals surface area contributed by atoms with Crippen LogP contribution in [0.5, 0.6) is 0 Å². The second-order valence-corrected chi connectivity index (χ2v) is 4.96. The number of pyridine rings is 1. The molecule has 0 bridgehead atoms. The van der Waals surface area contributed by atoms with Crippen molar-refractivity contribution in [2.45, 2.75) is 37.6 Å². The molecule has 1 fully saturated rings. The van der Waals surface area contributed by atoms with Crippen molar-refractivity contribution in [2.75, 3.05) is 6.54 Å². The normalized spacial score (nSPS) is 16.5. The fraction of sp³-hybridized carbons (Fsp3) is 0.538. The highest BCUT2D eigenvalue weighted by molar-refractivity contribution is 5.94. The first-order valence-electron chi connectivity index (χ1n) is 6.27. The molecule has 2 rings (SSSR count). The SMILES string of the molecule is Cl.Cl.NC1(CNC(=O)c2ccncc2F)CCCCC1. The van der Waals surface area contributed by atoms with Gasteiger partial charge in [-0.1, -0.05) is 19.3 Å². The molecule has 1 aromatic rings. The number of nitrogens with two attached hydrogens (primary N) is 1. The van der Waals surface area contributed by atoms with Crippen molar-refractivity contribution in [2.24, 2.45) is 5.73 Å². The number of carbonyl (C=O) groups is 1. The molecular weight excluding hydrogens is 304 g/mol. The predicted octanol–water partition coefficient (Wildman–Crippen LogP) is 2.46. The van der Waals surface area contributed by atoms with Crippen LogP contribution in [0.3, 0.4) is 0 Å². The molecule has 0 spiro atoms. The average Bonchev–Trinajstić information content (AvgIpc) is 2.38. The van der Waals surface area contributed by atoms with E-state index < -0.39 is 11.7 Å². The average molecular weight is 324 g/mol. The van der Waals surface area contributed by atoms with Crippen LogP contribution in [-0.4, -0.2) is 23.0 Å². The first kappa shape index (κ1) is 19.1. The van der Waals surface area contributed by atoms with Crippen molar-refractivity contribution in [3.63, 3.8) is 0 Å². The van der Waals surface area contributed by atoms with E-state index in [1.807, 2.05) is 0 Å². The van der Waals surface area contributed by atoms with Crippen LogP contribution in [0.15, 0.2) is 18.5 Å². The molecule has 114 valence electrons. The standard InChI is InChI=1S/C13H18FN3O.2ClH/c14-11-8-16-7-4-10(11)12(18)17-9-13(15)5-2-1-3-6-13;;/h4,7-8H,1-3,5-6,9,15H2,(H,17,18);2*1H.